The summed E-state index contributed by atoms with van der Waals surface area (Å²) < 4.78 is 0. The Morgan fingerprint density at radius 3 is 0.564 bits per heavy atom. The van der Waals surface area contributed by atoms with Crippen molar-refractivity contribution in [3.63, 3.8) is 0 Å². The summed E-state index contributed by atoms with van der Waals surface area (Å²) in [6.45, 7) is 0. The fourth-order valence-corrected chi connectivity index (χ4v) is 2.49. The maximum atomic E-state index is 4.01. The van der Waals surface area contributed by atoms with E-state index < -0.39 is 0 Å². The molecule has 39 heavy (non-hydrogen) atoms. The average Bonchev–Trinajstić information content (AvgIpc) is 3.01. The molecule has 6 heterocycles. The molecule has 6 aliphatic rings. The van der Waals surface area contributed by atoms with E-state index in [4.69, 9.17) is 0 Å². The number of rotatable bonds is 0. The van der Waals surface area contributed by atoms with Gasteiger partial charge in [0.1, 0.15) is 0 Å². The van der Waals surface area contributed by atoms with Gasteiger partial charge in [0.2, 0.25) is 0 Å². The molecule has 0 saturated heterocycles. The van der Waals surface area contributed by atoms with Gasteiger partial charge in [-0.05, 0) is 0 Å². The number of halogens is 2. The van der Waals surface area contributed by atoms with E-state index in [1.165, 1.54) is 0 Å². The fourth-order valence-electron chi connectivity index (χ4n) is 2.49. The van der Waals surface area contributed by atoms with E-state index in [1.54, 1.807) is 111 Å². The van der Waals surface area contributed by atoms with Gasteiger partial charge in [0.15, 0.2) is 0 Å². The van der Waals surface area contributed by atoms with E-state index in [1.807, 2.05) is 0 Å². The third kappa shape index (κ3) is 10.9. The Bertz CT molecular complexity index is 1040. The Labute approximate surface area is 251 Å². The first-order valence-electron chi connectivity index (χ1n) is 10.5. The summed E-state index contributed by atoms with van der Waals surface area (Å²) in [5, 5.41) is 24.1. The summed E-state index contributed by atoms with van der Waals surface area (Å²) in [7, 11) is 0. The van der Waals surface area contributed by atoms with Crippen LogP contribution in [0.2, 0.25) is 0 Å². The largest absolute Gasteiger partial charge is 8.00 e. The third-order valence-corrected chi connectivity index (χ3v) is 3.99. The molecule has 0 amide bonds. The molecule has 6 aliphatic heterocycles. The molecule has 0 aromatic rings. The zero-order valence-electron chi connectivity index (χ0n) is 19.9. The van der Waals surface area contributed by atoms with Gasteiger partial charge in [-0.1, -0.05) is 146 Å². The van der Waals surface area contributed by atoms with Crippen molar-refractivity contribution in [1.82, 2.24) is 0 Å². The van der Waals surface area contributed by atoms with Crippen LogP contribution in [0.25, 0.3) is 31.9 Å². The van der Waals surface area contributed by atoms with Crippen molar-refractivity contribution >= 4 is 37.3 Å². The Morgan fingerprint density at radius 2 is 0.462 bits per heavy atom. The molecule has 0 unspecified atom stereocenters. The minimum Gasteiger partial charge on any atom is -1.00 e. The molecule has 0 aromatic carbocycles. The van der Waals surface area contributed by atoms with Crippen molar-refractivity contribution in [2.24, 2.45) is 30.0 Å². The van der Waals surface area contributed by atoms with Gasteiger partial charge >= 0.3 is 19.5 Å². The summed E-state index contributed by atoms with van der Waals surface area (Å²) in [6.07, 6.45) is 30.5. The molecule has 0 fully saturated rings. The molecule has 0 spiro atoms. The molecule has 0 saturated carbocycles. The Balaban J connectivity index is 0.000000282. The van der Waals surface area contributed by atoms with Crippen LogP contribution >= 0.6 is 0 Å². The number of hydrogen-bond donors (Lipinski definition) is 0. The van der Waals surface area contributed by atoms with Crippen LogP contribution in [0.4, 0.5) is 0 Å². The minimum atomic E-state index is 0. The van der Waals surface area contributed by atoms with Crippen LogP contribution in [0.15, 0.2) is 139 Å². The van der Waals surface area contributed by atoms with E-state index in [2.05, 4.69) is 61.9 Å². The Morgan fingerprint density at radius 1 is 0.308 bits per heavy atom. The number of hydrogen-bond acceptors (Lipinski definition) is 6. The minimum absolute atomic E-state index is 0. The summed E-state index contributed by atoms with van der Waals surface area (Å²) in [6, 6.07) is 0. The summed E-state index contributed by atoms with van der Waals surface area (Å²) in [5.41, 5.74) is 0. The molecule has 0 bridgehead atoms. The van der Waals surface area contributed by atoms with Crippen LogP contribution in [-0.2, 0) is 19.5 Å². The molecule has 12 nitrogen and oxygen atoms in total. The molecular formula is C24H18Cl2N12Ru. The van der Waals surface area contributed by atoms with E-state index >= 15 is 0 Å². The first-order chi connectivity index (χ1) is 17.9. The van der Waals surface area contributed by atoms with Crippen LogP contribution in [0.5, 0.6) is 0 Å². The molecule has 0 aromatic heterocycles. The molecular weight excluding hydrogens is 628 g/mol. The fraction of sp³-hybridized carbons (Fsp3) is 0. The number of aliphatic imine (C=N–C) groups is 6. The molecule has 6 rings (SSSR count). The van der Waals surface area contributed by atoms with E-state index in [0.29, 0.717) is 34.9 Å². The normalized spacial score (nSPS) is 23.4. The van der Waals surface area contributed by atoms with Gasteiger partial charge < -0.3 is 86.7 Å². The van der Waals surface area contributed by atoms with Crippen molar-refractivity contribution < 1.29 is 44.3 Å². The summed E-state index contributed by atoms with van der Waals surface area (Å²) in [5.74, 6) is 3.32. The molecule has 196 valence electrons. The van der Waals surface area contributed by atoms with Crippen molar-refractivity contribution in [3.05, 3.63) is 140 Å². The van der Waals surface area contributed by atoms with Crippen molar-refractivity contribution in [2.45, 2.75) is 0 Å². The first-order valence-corrected chi connectivity index (χ1v) is 10.5. The zero-order chi connectivity index (χ0) is 24.7. The van der Waals surface area contributed by atoms with Crippen LogP contribution in [-0.4, -0.2) is 37.3 Å². The van der Waals surface area contributed by atoms with Gasteiger partial charge in [0.05, 0.1) is 0 Å². The maximum Gasteiger partial charge on any atom is 8.00 e. The predicted molar refractivity (Wildman–Crippen MR) is 147 cm³/mol. The van der Waals surface area contributed by atoms with E-state index in [9.17, 15) is 0 Å². The van der Waals surface area contributed by atoms with Gasteiger partial charge in [-0.2, -0.15) is 0 Å². The van der Waals surface area contributed by atoms with Crippen LogP contribution < -0.4 is 24.8 Å². The summed E-state index contributed by atoms with van der Waals surface area (Å²) >= 11 is 0. The van der Waals surface area contributed by atoms with Crippen LogP contribution in [0, 0.1) is 0 Å². The molecule has 0 N–H and O–H groups in total. The summed E-state index contributed by atoms with van der Waals surface area (Å²) in [4.78, 5) is 24.1. The van der Waals surface area contributed by atoms with Crippen molar-refractivity contribution in [1.29, 1.82) is 0 Å². The van der Waals surface area contributed by atoms with Gasteiger partial charge in [-0.3, -0.25) is 0 Å². The molecule has 15 heteroatoms. The quantitative estimate of drug-likeness (QED) is 0.329. The van der Waals surface area contributed by atoms with Gasteiger partial charge in [0, 0.05) is 0 Å². The second kappa shape index (κ2) is 18.9. The average molecular weight is 646 g/mol. The first kappa shape index (κ1) is 32.7. The standard InChI is InChI=1S/3C8H6N4.2ClH.Ru/c3*1-3-9-7(10-4-1)8-11-5-2-6-12-8;;;/h3*1-6H;2*1H;/q3*-2;;;+8/p-2. The second-order valence-electron chi connectivity index (χ2n) is 6.43. The van der Waals surface area contributed by atoms with Gasteiger partial charge in [-0.15, -0.1) is 0 Å². The number of nitrogens with zero attached hydrogens (tertiary/aromatic N) is 12. The second-order valence-corrected chi connectivity index (χ2v) is 6.43. The topological polar surface area (TPSA) is 159 Å². The van der Waals surface area contributed by atoms with Gasteiger partial charge in [0.25, 0.3) is 0 Å². The van der Waals surface area contributed by atoms with Crippen LogP contribution in [0.3, 0.4) is 0 Å². The third-order valence-electron chi connectivity index (χ3n) is 3.99. The predicted octanol–water partition coefficient (Wildman–Crippen LogP) is 0.175. The smallest absolute Gasteiger partial charge is 1.00 e. The monoisotopic (exact) mass is 646 g/mol. The van der Waals surface area contributed by atoms with Gasteiger partial charge in [-0.25, -0.2) is 0 Å². The van der Waals surface area contributed by atoms with Crippen molar-refractivity contribution in [2.75, 3.05) is 0 Å². The van der Waals surface area contributed by atoms with Crippen molar-refractivity contribution in [3.8, 4) is 0 Å². The molecule has 0 atom stereocenters. The Hall–Kier alpha value is -4.32. The maximum absolute atomic E-state index is 4.01. The van der Waals surface area contributed by atoms with E-state index in [0.717, 1.165) is 0 Å². The molecule has 0 radical (unpaired) electrons. The van der Waals surface area contributed by atoms with E-state index in [-0.39, 0.29) is 44.3 Å². The number of allylic oxidation sites excluding steroid dienone is 6. The Kier molecular flexibility index (Phi) is 15.8. The SMILES string of the molecule is C1=C[N-]C(=C2N=CC=C[N-]2)N=C1.C1=C[N-]C(=C2N=CC=C[N-]2)N=C1.C1=C[N-]C(=C2N=CC=C[N-]2)N=C1.[Cl-].[Cl-].[Ru+8]. The van der Waals surface area contributed by atoms with Crippen LogP contribution in [0.1, 0.15) is 0 Å². The molecule has 0 aliphatic carbocycles. The zero-order valence-corrected chi connectivity index (χ0v) is 23.1.